The molecule has 0 unspecified atom stereocenters. The Morgan fingerprint density at radius 2 is 0.895 bits per heavy atom. The van der Waals surface area contributed by atoms with E-state index in [1.807, 2.05) is 60.7 Å². The van der Waals surface area contributed by atoms with Crippen molar-refractivity contribution in [1.29, 1.82) is 0 Å². The van der Waals surface area contributed by atoms with Crippen LogP contribution in [-0.2, 0) is 22.7 Å². The van der Waals surface area contributed by atoms with Gasteiger partial charge < -0.3 is 20.1 Å². The molecule has 6 nitrogen and oxygen atoms in total. The summed E-state index contributed by atoms with van der Waals surface area (Å²) in [5.41, 5.74) is 3.11. The second-order valence-electron chi connectivity index (χ2n) is 8.47. The molecule has 0 saturated heterocycles. The molecule has 0 spiro atoms. The lowest BCUT2D eigenvalue weighted by Crippen LogP contribution is -2.41. The SMILES string of the molecule is O=C(N[C@H](c1ccc(Cl)cc1)[C@H](NC(=O)OCc1ccccc1)c1ccc(Cl)cc1)OCc1ccccc1. The first kappa shape index (κ1) is 27.0. The highest BCUT2D eigenvalue weighted by atomic mass is 35.5. The molecule has 194 valence electrons. The maximum Gasteiger partial charge on any atom is 0.408 e. The molecule has 0 radical (unpaired) electrons. The summed E-state index contributed by atoms with van der Waals surface area (Å²) >= 11 is 12.2. The summed E-state index contributed by atoms with van der Waals surface area (Å²) in [7, 11) is 0. The van der Waals surface area contributed by atoms with Gasteiger partial charge in [0.15, 0.2) is 0 Å². The average Bonchev–Trinajstić information content (AvgIpc) is 2.95. The van der Waals surface area contributed by atoms with Crippen LogP contribution in [0.1, 0.15) is 34.3 Å². The average molecular weight is 549 g/mol. The molecular weight excluding hydrogens is 523 g/mol. The summed E-state index contributed by atoms with van der Waals surface area (Å²) in [6, 6.07) is 31.3. The number of nitrogens with one attached hydrogen (secondary N) is 2. The fourth-order valence-electron chi connectivity index (χ4n) is 3.84. The van der Waals surface area contributed by atoms with Crippen molar-refractivity contribution in [3.05, 3.63) is 141 Å². The number of benzene rings is 4. The van der Waals surface area contributed by atoms with Gasteiger partial charge in [-0.2, -0.15) is 0 Å². The standard InChI is InChI=1S/C30H26Cl2N2O4/c31-25-15-11-23(12-16-25)27(33-29(35)37-19-21-7-3-1-4-8-21)28(24-13-17-26(32)18-14-24)34-30(36)38-20-22-9-5-2-6-10-22/h1-18,27-28H,19-20H2,(H,33,35)(H,34,36)/t27-,28-/m1/s1. The van der Waals surface area contributed by atoms with Crippen LogP contribution in [0, 0.1) is 0 Å². The van der Waals surface area contributed by atoms with Gasteiger partial charge in [-0.3, -0.25) is 0 Å². The second-order valence-corrected chi connectivity index (χ2v) is 9.34. The Bertz CT molecular complexity index is 1210. The van der Waals surface area contributed by atoms with E-state index in [1.165, 1.54) is 0 Å². The van der Waals surface area contributed by atoms with E-state index in [0.29, 0.717) is 21.2 Å². The first-order chi connectivity index (χ1) is 18.5. The molecule has 0 saturated carbocycles. The summed E-state index contributed by atoms with van der Waals surface area (Å²) in [5.74, 6) is 0. The third-order valence-electron chi connectivity index (χ3n) is 5.76. The first-order valence-electron chi connectivity index (χ1n) is 11.9. The molecule has 0 heterocycles. The van der Waals surface area contributed by atoms with Gasteiger partial charge >= 0.3 is 12.2 Å². The van der Waals surface area contributed by atoms with Crippen LogP contribution in [-0.4, -0.2) is 12.2 Å². The normalized spacial score (nSPS) is 12.2. The molecule has 4 aromatic carbocycles. The van der Waals surface area contributed by atoms with Crippen molar-refractivity contribution in [3.63, 3.8) is 0 Å². The molecule has 0 aliphatic heterocycles. The van der Waals surface area contributed by atoms with Gasteiger partial charge in [-0.15, -0.1) is 0 Å². The molecule has 0 bridgehead atoms. The third-order valence-corrected chi connectivity index (χ3v) is 6.27. The number of amides is 2. The summed E-state index contributed by atoms with van der Waals surface area (Å²) in [5, 5.41) is 6.89. The van der Waals surface area contributed by atoms with Crippen LogP contribution >= 0.6 is 23.2 Å². The van der Waals surface area contributed by atoms with Crippen molar-refractivity contribution in [2.75, 3.05) is 0 Å². The number of ether oxygens (including phenoxy) is 2. The number of hydrogen-bond donors (Lipinski definition) is 2. The second kappa shape index (κ2) is 13.5. The van der Waals surface area contributed by atoms with Crippen molar-refractivity contribution in [1.82, 2.24) is 10.6 Å². The minimum Gasteiger partial charge on any atom is -0.445 e. The van der Waals surface area contributed by atoms with E-state index in [0.717, 1.165) is 11.1 Å². The highest BCUT2D eigenvalue weighted by Gasteiger charge is 2.29. The van der Waals surface area contributed by atoms with Gasteiger partial charge in [-0.1, -0.05) is 108 Å². The van der Waals surface area contributed by atoms with Crippen LogP contribution in [0.3, 0.4) is 0 Å². The van der Waals surface area contributed by atoms with Crippen molar-refractivity contribution in [2.45, 2.75) is 25.3 Å². The van der Waals surface area contributed by atoms with E-state index in [2.05, 4.69) is 10.6 Å². The number of rotatable bonds is 9. The maximum absolute atomic E-state index is 12.9. The van der Waals surface area contributed by atoms with E-state index in [4.69, 9.17) is 32.7 Å². The van der Waals surface area contributed by atoms with E-state index in [-0.39, 0.29) is 13.2 Å². The summed E-state index contributed by atoms with van der Waals surface area (Å²) < 4.78 is 11.0. The molecule has 2 amide bonds. The topological polar surface area (TPSA) is 76.7 Å². The van der Waals surface area contributed by atoms with Crippen LogP contribution in [0.2, 0.25) is 10.0 Å². The van der Waals surface area contributed by atoms with Gasteiger partial charge in [-0.25, -0.2) is 9.59 Å². The van der Waals surface area contributed by atoms with E-state index >= 15 is 0 Å². The summed E-state index contributed by atoms with van der Waals surface area (Å²) in [4.78, 5) is 25.9. The Morgan fingerprint density at radius 1 is 0.553 bits per heavy atom. The van der Waals surface area contributed by atoms with Crippen molar-refractivity contribution < 1.29 is 19.1 Å². The molecule has 38 heavy (non-hydrogen) atoms. The zero-order valence-corrected chi connectivity index (χ0v) is 21.9. The number of hydrogen-bond acceptors (Lipinski definition) is 4. The first-order valence-corrected chi connectivity index (χ1v) is 12.7. The van der Waals surface area contributed by atoms with E-state index in [9.17, 15) is 9.59 Å². The Balaban J connectivity index is 1.58. The molecule has 4 rings (SSSR count). The molecule has 2 atom stereocenters. The largest absolute Gasteiger partial charge is 0.445 e. The van der Waals surface area contributed by atoms with Gasteiger partial charge in [0, 0.05) is 10.0 Å². The lowest BCUT2D eigenvalue weighted by atomic mass is 9.93. The van der Waals surface area contributed by atoms with Crippen LogP contribution < -0.4 is 10.6 Å². The van der Waals surface area contributed by atoms with Crippen molar-refractivity contribution >= 4 is 35.4 Å². The van der Waals surface area contributed by atoms with Crippen molar-refractivity contribution in [2.24, 2.45) is 0 Å². The minimum atomic E-state index is -0.721. The third kappa shape index (κ3) is 8.00. The Labute approximate surface area is 231 Å². The fraction of sp³-hybridized carbons (Fsp3) is 0.133. The Morgan fingerprint density at radius 3 is 1.24 bits per heavy atom. The molecule has 0 fully saturated rings. The maximum atomic E-state index is 12.9. The highest BCUT2D eigenvalue weighted by molar-refractivity contribution is 6.30. The smallest absolute Gasteiger partial charge is 0.408 e. The molecule has 0 aliphatic carbocycles. The van der Waals surface area contributed by atoms with Crippen LogP contribution in [0.5, 0.6) is 0 Å². The van der Waals surface area contributed by atoms with Crippen molar-refractivity contribution in [3.8, 4) is 0 Å². The fourth-order valence-corrected chi connectivity index (χ4v) is 4.09. The van der Waals surface area contributed by atoms with Gasteiger partial charge in [-0.05, 0) is 46.5 Å². The van der Waals surface area contributed by atoms with E-state index < -0.39 is 24.3 Å². The number of halogens is 2. The quantitative estimate of drug-likeness (QED) is 0.225. The lowest BCUT2D eigenvalue weighted by Gasteiger charge is -2.29. The number of carbonyl (C=O) groups is 2. The van der Waals surface area contributed by atoms with Gasteiger partial charge in [0.2, 0.25) is 0 Å². The van der Waals surface area contributed by atoms with Crippen LogP contribution in [0.4, 0.5) is 9.59 Å². The van der Waals surface area contributed by atoms with Crippen LogP contribution in [0.15, 0.2) is 109 Å². The molecule has 8 heteroatoms. The molecular formula is C30H26Cl2N2O4. The molecule has 0 aromatic heterocycles. The molecule has 4 aromatic rings. The zero-order chi connectivity index (χ0) is 26.7. The van der Waals surface area contributed by atoms with Gasteiger partial charge in [0.1, 0.15) is 13.2 Å². The lowest BCUT2D eigenvalue weighted by molar-refractivity contribution is 0.123. The number of alkyl carbamates (subject to hydrolysis) is 2. The predicted molar refractivity (Wildman–Crippen MR) is 148 cm³/mol. The zero-order valence-electron chi connectivity index (χ0n) is 20.4. The number of carbonyl (C=O) groups excluding carboxylic acids is 2. The summed E-state index contributed by atoms with van der Waals surface area (Å²) in [6.45, 7) is 0.191. The Hall–Kier alpha value is -4.00. The predicted octanol–water partition coefficient (Wildman–Crippen LogP) is 7.63. The van der Waals surface area contributed by atoms with Gasteiger partial charge in [0.05, 0.1) is 12.1 Å². The monoisotopic (exact) mass is 548 g/mol. The highest BCUT2D eigenvalue weighted by Crippen LogP contribution is 2.31. The van der Waals surface area contributed by atoms with Gasteiger partial charge in [0.25, 0.3) is 0 Å². The molecule has 2 N–H and O–H groups in total. The minimum absolute atomic E-state index is 0.0954. The van der Waals surface area contributed by atoms with Crippen LogP contribution in [0.25, 0.3) is 0 Å². The van der Waals surface area contributed by atoms with E-state index in [1.54, 1.807) is 48.5 Å². The Kier molecular flexibility index (Phi) is 9.62. The molecule has 0 aliphatic rings. The summed E-state index contributed by atoms with van der Waals surface area (Å²) in [6.07, 6.45) is -1.29.